The Morgan fingerprint density at radius 3 is 2.03 bits per heavy atom. The van der Waals surface area contributed by atoms with E-state index in [4.69, 9.17) is 5.26 Å². The van der Waals surface area contributed by atoms with Gasteiger partial charge in [-0.15, -0.1) is 0 Å². The van der Waals surface area contributed by atoms with Crippen LogP contribution in [-0.4, -0.2) is 18.1 Å². The van der Waals surface area contributed by atoms with Crippen LogP contribution in [0.3, 0.4) is 0 Å². The molecule has 0 atom stereocenters. The Morgan fingerprint density at radius 2 is 1.47 bits per heavy atom. The molecule has 0 unspecified atom stereocenters. The SMILES string of the molecule is CCc1cc(C(F)(C(F)(F)F)C(F)(F)F)cc(C)c1CC(=O)c1ccc2cc(C#N)ccc2c1. The maximum Gasteiger partial charge on any atom is 0.435 e. The summed E-state index contributed by atoms with van der Waals surface area (Å²) in [4.78, 5) is 12.9. The van der Waals surface area contributed by atoms with Crippen LogP contribution in [0.15, 0.2) is 48.5 Å². The molecule has 3 rings (SSSR count). The number of halogens is 7. The van der Waals surface area contributed by atoms with Crippen LogP contribution in [0.1, 0.15) is 45.1 Å². The number of hydrogen-bond acceptors (Lipinski definition) is 2. The van der Waals surface area contributed by atoms with Gasteiger partial charge in [0.15, 0.2) is 5.78 Å². The Balaban J connectivity index is 2.02. The fourth-order valence-corrected chi connectivity index (χ4v) is 3.90. The van der Waals surface area contributed by atoms with Crippen molar-refractivity contribution in [1.82, 2.24) is 0 Å². The van der Waals surface area contributed by atoms with Gasteiger partial charge < -0.3 is 0 Å². The highest BCUT2D eigenvalue weighted by molar-refractivity contribution is 6.01. The summed E-state index contributed by atoms with van der Waals surface area (Å²) < 4.78 is 93.7. The first-order valence-corrected chi connectivity index (χ1v) is 10.1. The zero-order chi connectivity index (χ0) is 25.5. The number of rotatable bonds is 5. The molecule has 9 heteroatoms. The third-order valence-electron chi connectivity index (χ3n) is 5.75. The van der Waals surface area contributed by atoms with Crippen LogP contribution in [0, 0.1) is 18.3 Å². The summed E-state index contributed by atoms with van der Waals surface area (Å²) in [6, 6.07) is 12.7. The molecule has 0 aliphatic carbocycles. The first-order chi connectivity index (χ1) is 15.7. The topological polar surface area (TPSA) is 40.9 Å². The average molecular weight is 481 g/mol. The van der Waals surface area contributed by atoms with Crippen LogP contribution in [0.4, 0.5) is 30.7 Å². The maximum absolute atomic E-state index is 14.6. The standard InChI is InChI=1S/C25H18F7NO/c1-3-16-11-20(23(26,24(27,28)29)25(30,31)32)8-14(2)21(16)12-22(34)19-7-6-17-9-15(13-33)4-5-18(17)10-19/h4-11H,3,12H2,1-2H3. The van der Waals surface area contributed by atoms with Gasteiger partial charge in [0.2, 0.25) is 0 Å². The van der Waals surface area contributed by atoms with E-state index >= 15 is 0 Å². The lowest BCUT2D eigenvalue weighted by Gasteiger charge is -2.31. The molecule has 3 aromatic carbocycles. The molecule has 0 radical (unpaired) electrons. The molecule has 0 aliphatic rings. The predicted octanol–water partition coefficient (Wildman–Crippen LogP) is 7.30. The second kappa shape index (κ2) is 8.75. The Kier molecular flexibility index (Phi) is 6.49. The van der Waals surface area contributed by atoms with E-state index in [1.165, 1.54) is 19.9 Å². The largest absolute Gasteiger partial charge is 0.435 e. The normalized spacial score (nSPS) is 12.6. The molecule has 0 bridgehead atoms. The number of carbonyl (C=O) groups is 1. The molecule has 3 aromatic rings. The average Bonchev–Trinajstić information content (AvgIpc) is 2.77. The van der Waals surface area contributed by atoms with Gasteiger partial charge in [-0.05, 0) is 59.0 Å². The molecule has 178 valence electrons. The molecule has 0 spiro atoms. The lowest BCUT2D eigenvalue weighted by molar-refractivity contribution is -0.348. The molecule has 0 fully saturated rings. The van der Waals surface area contributed by atoms with Crippen LogP contribution in [0.25, 0.3) is 10.8 Å². The smallest absolute Gasteiger partial charge is 0.294 e. The highest BCUT2D eigenvalue weighted by atomic mass is 19.4. The molecule has 2 nitrogen and oxygen atoms in total. The van der Waals surface area contributed by atoms with Gasteiger partial charge in [-0.3, -0.25) is 4.79 Å². The molecule has 0 aromatic heterocycles. The number of Topliss-reactive ketones (excluding diaryl/α,β-unsaturated/α-hetero) is 1. The van der Waals surface area contributed by atoms with E-state index in [9.17, 15) is 35.5 Å². The fourth-order valence-electron chi connectivity index (χ4n) is 3.90. The molecule has 0 amide bonds. The van der Waals surface area contributed by atoms with Crippen molar-refractivity contribution in [3.63, 3.8) is 0 Å². The van der Waals surface area contributed by atoms with Gasteiger partial charge in [-0.2, -0.15) is 31.6 Å². The number of fused-ring (bicyclic) bond motifs is 1. The Hall–Kier alpha value is -3.41. The highest BCUT2D eigenvalue weighted by Gasteiger charge is 2.73. The van der Waals surface area contributed by atoms with Gasteiger partial charge in [0, 0.05) is 17.5 Å². The minimum absolute atomic E-state index is 0.00224. The molecule has 34 heavy (non-hydrogen) atoms. The number of nitriles is 1. The predicted molar refractivity (Wildman–Crippen MR) is 112 cm³/mol. The maximum atomic E-state index is 14.6. The summed E-state index contributed by atoms with van der Waals surface area (Å²) in [5.41, 5.74) is -6.13. The number of ketones is 1. The van der Waals surface area contributed by atoms with Gasteiger partial charge in [0.25, 0.3) is 0 Å². The van der Waals surface area contributed by atoms with Crippen molar-refractivity contribution in [3.05, 3.63) is 81.9 Å². The minimum Gasteiger partial charge on any atom is -0.294 e. The second-order valence-corrected chi connectivity index (χ2v) is 7.93. The van der Waals surface area contributed by atoms with E-state index in [1.807, 2.05) is 6.07 Å². The van der Waals surface area contributed by atoms with Gasteiger partial charge >= 0.3 is 18.0 Å². The van der Waals surface area contributed by atoms with E-state index < -0.39 is 29.4 Å². The van der Waals surface area contributed by atoms with Crippen molar-refractivity contribution in [2.45, 2.75) is 44.7 Å². The lowest BCUT2D eigenvalue weighted by Crippen LogP contribution is -2.50. The number of hydrogen-bond donors (Lipinski definition) is 0. The fraction of sp³-hybridized carbons (Fsp3) is 0.280. The van der Waals surface area contributed by atoms with Crippen LogP contribution in [0.5, 0.6) is 0 Å². The summed E-state index contributed by atoms with van der Waals surface area (Å²) in [5, 5.41) is 10.4. The van der Waals surface area contributed by atoms with Crippen molar-refractivity contribution >= 4 is 16.6 Å². The zero-order valence-corrected chi connectivity index (χ0v) is 18.0. The summed E-state index contributed by atoms with van der Waals surface area (Å²) in [6.45, 7) is 2.75. The molecule has 0 saturated carbocycles. The summed E-state index contributed by atoms with van der Waals surface area (Å²) in [7, 11) is 0. The van der Waals surface area contributed by atoms with E-state index in [-0.39, 0.29) is 35.1 Å². The van der Waals surface area contributed by atoms with Crippen molar-refractivity contribution in [2.75, 3.05) is 0 Å². The Bertz CT molecular complexity index is 1290. The minimum atomic E-state index is -6.21. The first kappa shape index (κ1) is 25.2. The van der Waals surface area contributed by atoms with Gasteiger partial charge in [0.05, 0.1) is 11.6 Å². The molecule has 0 saturated heterocycles. The summed E-state index contributed by atoms with van der Waals surface area (Å²) in [6.07, 6.45) is -12.7. The Labute approximate surface area is 190 Å². The van der Waals surface area contributed by atoms with Crippen molar-refractivity contribution in [2.24, 2.45) is 0 Å². The van der Waals surface area contributed by atoms with Gasteiger partial charge in [0.1, 0.15) is 0 Å². The molecular formula is C25H18F7NO. The van der Waals surface area contributed by atoms with Crippen LogP contribution < -0.4 is 0 Å². The third-order valence-corrected chi connectivity index (χ3v) is 5.75. The van der Waals surface area contributed by atoms with E-state index in [0.717, 1.165) is 5.39 Å². The second-order valence-electron chi connectivity index (χ2n) is 7.93. The number of benzene rings is 3. The molecule has 0 N–H and O–H groups in total. The van der Waals surface area contributed by atoms with Crippen LogP contribution in [-0.2, 0) is 18.5 Å². The molecule has 0 aliphatic heterocycles. The van der Waals surface area contributed by atoms with Crippen molar-refractivity contribution in [3.8, 4) is 6.07 Å². The molecular weight excluding hydrogens is 463 g/mol. The van der Waals surface area contributed by atoms with Gasteiger partial charge in [-0.1, -0.05) is 37.3 Å². The van der Waals surface area contributed by atoms with E-state index in [1.54, 1.807) is 30.3 Å². The van der Waals surface area contributed by atoms with E-state index in [2.05, 4.69) is 0 Å². The van der Waals surface area contributed by atoms with Crippen LogP contribution in [0.2, 0.25) is 0 Å². The summed E-state index contributed by atoms with van der Waals surface area (Å²) >= 11 is 0. The number of aryl methyl sites for hydroxylation is 2. The van der Waals surface area contributed by atoms with Gasteiger partial charge in [-0.25, -0.2) is 4.39 Å². The summed E-state index contributed by atoms with van der Waals surface area (Å²) in [5.74, 6) is -0.407. The monoisotopic (exact) mass is 481 g/mol. The quantitative estimate of drug-likeness (QED) is 0.284. The lowest BCUT2D eigenvalue weighted by atomic mass is 9.86. The highest BCUT2D eigenvalue weighted by Crippen LogP contribution is 2.53. The number of alkyl halides is 7. The first-order valence-electron chi connectivity index (χ1n) is 10.1. The number of nitrogens with zero attached hydrogens (tertiary/aromatic N) is 1. The third kappa shape index (κ3) is 4.37. The van der Waals surface area contributed by atoms with Crippen LogP contribution >= 0.6 is 0 Å². The van der Waals surface area contributed by atoms with Crippen molar-refractivity contribution in [1.29, 1.82) is 5.26 Å². The Morgan fingerprint density at radius 1 is 0.882 bits per heavy atom. The van der Waals surface area contributed by atoms with E-state index in [0.29, 0.717) is 23.1 Å². The van der Waals surface area contributed by atoms with Crippen molar-refractivity contribution < 1.29 is 35.5 Å². The zero-order valence-electron chi connectivity index (χ0n) is 18.0. The molecule has 0 heterocycles. The number of carbonyl (C=O) groups excluding carboxylic acids is 1.